The van der Waals surface area contributed by atoms with Gasteiger partial charge in [-0.15, -0.1) is 0 Å². The molecule has 0 unspecified atom stereocenters. The van der Waals surface area contributed by atoms with E-state index < -0.39 is 10.0 Å². The van der Waals surface area contributed by atoms with Crippen LogP contribution in [0, 0.1) is 19.8 Å². The number of aryl methyl sites for hydroxylation is 2. The molecule has 1 aliphatic carbocycles. The number of H-pyrrole nitrogens is 1. The summed E-state index contributed by atoms with van der Waals surface area (Å²) in [6.45, 7) is 6.17. The van der Waals surface area contributed by atoms with Crippen LogP contribution in [0.2, 0.25) is 0 Å². The Labute approximate surface area is 126 Å². The first-order valence-corrected chi connectivity index (χ1v) is 9.18. The van der Waals surface area contributed by atoms with Gasteiger partial charge in [-0.2, -0.15) is 9.40 Å². The van der Waals surface area contributed by atoms with Crippen LogP contribution in [0.5, 0.6) is 0 Å². The molecule has 1 aromatic heterocycles. The number of nitrogens with zero attached hydrogens (tertiary/aromatic N) is 2. The minimum absolute atomic E-state index is 0.193. The van der Waals surface area contributed by atoms with E-state index in [0.29, 0.717) is 28.7 Å². The lowest BCUT2D eigenvalue weighted by molar-refractivity contribution is 0.283. The molecular weight excluding hydrogens is 288 g/mol. The molecule has 118 valence electrons. The third-order valence-electron chi connectivity index (χ3n) is 4.48. The highest BCUT2D eigenvalue weighted by atomic mass is 32.2. The second kappa shape index (κ2) is 5.70. The second-order valence-electron chi connectivity index (χ2n) is 6.26. The van der Waals surface area contributed by atoms with Crippen LogP contribution in [0.1, 0.15) is 37.1 Å². The molecule has 0 aromatic carbocycles. The molecule has 2 heterocycles. The van der Waals surface area contributed by atoms with Crippen LogP contribution in [0.15, 0.2) is 4.90 Å². The van der Waals surface area contributed by atoms with Crippen molar-refractivity contribution >= 4 is 10.0 Å². The standard InChI is InChI=1S/C14H24N4O2S/c1-10-14(11(2)17-16-10)21(19,20)18(13-3-4-13)9-12-5-7-15-8-6-12/h12-13,15H,3-9H2,1-2H3,(H,16,17). The van der Waals surface area contributed by atoms with E-state index in [9.17, 15) is 8.42 Å². The van der Waals surface area contributed by atoms with Gasteiger partial charge >= 0.3 is 0 Å². The summed E-state index contributed by atoms with van der Waals surface area (Å²) in [5.74, 6) is 0.467. The van der Waals surface area contributed by atoms with E-state index in [0.717, 1.165) is 38.8 Å². The van der Waals surface area contributed by atoms with Gasteiger partial charge in [-0.1, -0.05) is 0 Å². The van der Waals surface area contributed by atoms with Crippen molar-refractivity contribution in [1.29, 1.82) is 0 Å². The summed E-state index contributed by atoms with van der Waals surface area (Å²) in [7, 11) is -3.44. The van der Waals surface area contributed by atoms with E-state index in [4.69, 9.17) is 0 Å². The van der Waals surface area contributed by atoms with E-state index in [2.05, 4.69) is 15.5 Å². The van der Waals surface area contributed by atoms with Crippen LogP contribution < -0.4 is 5.32 Å². The molecule has 0 bridgehead atoms. The summed E-state index contributed by atoms with van der Waals surface area (Å²) in [5, 5.41) is 10.2. The third-order valence-corrected chi connectivity index (χ3v) is 6.66. The molecule has 6 nitrogen and oxygen atoms in total. The minimum Gasteiger partial charge on any atom is -0.317 e. The first-order valence-electron chi connectivity index (χ1n) is 7.74. The van der Waals surface area contributed by atoms with E-state index in [1.165, 1.54) is 0 Å². The van der Waals surface area contributed by atoms with Crippen LogP contribution in [-0.4, -0.2) is 48.6 Å². The summed E-state index contributed by atoms with van der Waals surface area (Å²) in [5.41, 5.74) is 1.21. The summed E-state index contributed by atoms with van der Waals surface area (Å²) >= 11 is 0. The summed E-state index contributed by atoms with van der Waals surface area (Å²) < 4.78 is 27.8. The van der Waals surface area contributed by atoms with Crippen LogP contribution in [0.3, 0.4) is 0 Å². The summed E-state index contributed by atoms with van der Waals surface area (Å²) in [4.78, 5) is 0.378. The molecule has 0 amide bonds. The largest absolute Gasteiger partial charge is 0.317 e. The van der Waals surface area contributed by atoms with Crippen molar-refractivity contribution in [3.8, 4) is 0 Å². The predicted molar refractivity (Wildman–Crippen MR) is 80.6 cm³/mol. The topological polar surface area (TPSA) is 78.1 Å². The van der Waals surface area contributed by atoms with Gasteiger partial charge in [0.25, 0.3) is 0 Å². The number of rotatable bonds is 5. The van der Waals surface area contributed by atoms with Gasteiger partial charge in [0.1, 0.15) is 4.90 Å². The number of piperidine rings is 1. The number of aromatic nitrogens is 2. The summed E-state index contributed by atoms with van der Waals surface area (Å²) in [6.07, 6.45) is 4.09. The van der Waals surface area contributed by atoms with Gasteiger partial charge < -0.3 is 5.32 Å². The second-order valence-corrected chi connectivity index (χ2v) is 8.09. The molecule has 0 atom stereocenters. The van der Waals surface area contributed by atoms with Gasteiger partial charge in [0.15, 0.2) is 0 Å². The van der Waals surface area contributed by atoms with Crippen molar-refractivity contribution in [2.75, 3.05) is 19.6 Å². The molecule has 2 aliphatic rings. The van der Waals surface area contributed by atoms with Gasteiger partial charge in [0, 0.05) is 12.6 Å². The molecular formula is C14H24N4O2S. The number of nitrogens with one attached hydrogen (secondary N) is 2. The van der Waals surface area contributed by atoms with Crippen molar-refractivity contribution in [2.24, 2.45) is 5.92 Å². The fourth-order valence-corrected chi connectivity index (χ4v) is 5.26. The van der Waals surface area contributed by atoms with E-state index in [1.54, 1.807) is 18.2 Å². The Balaban J connectivity index is 1.86. The van der Waals surface area contributed by atoms with Gasteiger partial charge in [-0.05, 0) is 58.5 Å². The maximum Gasteiger partial charge on any atom is 0.246 e. The van der Waals surface area contributed by atoms with Crippen molar-refractivity contribution < 1.29 is 8.42 Å². The smallest absolute Gasteiger partial charge is 0.246 e. The van der Waals surface area contributed by atoms with Crippen molar-refractivity contribution in [3.63, 3.8) is 0 Å². The molecule has 1 saturated heterocycles. The zero-order valence-corrected chi connectivity index (χ0v) is 13.5. The maximum atomic E-state index is 13.0. The van der Waals surface area contributed by atoms with Gasteiger partial charge in [0.05, 0.1) is 11.4 Å². The van der Waals surface area contributed by atoms with Gasteiger partial charge in [-0.25, -0.2) is 8.42 Å². The molecule has 0 radical (unpaired) electrons. The predicted octanol–water partition coefficient (Wildman–Crippen LogP) is 1.18. The first kappa shape index (κ1) is 15.0. The Morgan fingerprint density at radius 1 is 1.19 bits per heavy atom. The lowest BCUT2D eigenvalue weighted by atomic mass is 9.98. The van der Waals surface area contributed by atoms with Crippen molar-refractivity contribution in [2.45, 2.75) is 50.5 Å². The monoisotopic (exact) mass is 312 g/mol. The quantitative estimate of drug-likeness (QED) is 0.856. The average Bonchev–Trinajstić information content (AvgIpc) is 3.22. The number of aromatic amines is 1. The van der Waals surface area contributed by atoms with Crippen LogP contribution in [0.25, 0.3) is 0 Å². The fourth-order valence-electron chi connectivity index (χ4n) is 3.16. The van der Waals surface area contributed by atoms with Crippen molar-refractivity contribution in [1.82, 2.24) is 19.8 Å². The Morgan fingerprint density at radius 2 is 1.86 bits per heavy atom. The van der Waals surface area contributed by atoms with Crippen LogP contribution >= 0.6 is 0 Å². The Morgan fingerprint density at radius 3 is 2.38 bits per heavy atom. The highest BCUT2D eigenvalue weighted by Gasteiger charge is 2.41. The van der Waals surface area contributed by atoms with E-state index in [1.807, 2.05) is 0 Å². The van der Waals surface area contributed by atoms with Crippen LogP contribution in [-0.2, 0) is 10.0 Å². The lowest BCUT2D eigenvalue weighted by Crippen LogP contribution is -2.40. The molecule has 21 heavy (non-hydrogen) atoms. The molecule has 3 rings (SSSR count). The highest BCUT2D eigenvalue weighted by Crippen LogP contribution is 2.35. The van der Waals surface area contributed by atoms with E-state index in [-0.39, 0.29) is 6.04 Å². The number of hydrogen-bond donors (Lipinski definition) is 2. The molecule has 7 heteroatoms. The van der Waals surface area contributed by atoms with E-state index >= 15 is 0 Å². The van der Waals surface area contributed by atoms with Gasteiger partial charge in [0.2, 0.25) is 10.0 Å². The zero-order valence-electron chi connectivity index (χ0n) is 12.7. The molecule has 1 aliphatic heterocycles. The maximum absolute atomic E-state index is 13.0. The normalized spacial score (nSPS) is 21.1. The minimum atomic E-state index is -3.44. The molecule has 0 spiro atoms. The van der Waals surface area contributed by atoms with Gasteiger partial charge in [-0.3, -0.25) is 5.10 Å². The Bertz CT molecular complexity index is 581. The van der Waals surface area contributed by atoms with Crippen LogP contribution in [0.4, 0.5) is 0 Å². The Kier molecular flexibility index (Phi) is 4.07. The lowest BCUT2D eigenvalue weighted by Gasteiger charge is -2.29. The zero-order chi connectivity index (χ0) is 15.0. The third kappa shape index (κ3) is 3.00. The SMILES string of the molecule is Cc1n[nH]c(C)c1S(=O)(=O)N(CC1CCNCC1)C1CC1. The number of hydrogen-bond acceptors (Lipinski definition) is 4. The number of sulfonamides is 1. The first-order chi connectivity index (χ1) is 10.00. The highest BCUT2D eigenvalue weighted by molar-refractivity contribution is 7.89. The molecule has 2 fully saturated rings. The average molecular weight is 312 g/mol. The van der Waals surface area contributed by atoms with Crippen molar-refractivity contribution in [3.05, 3.63) is 11.4 Å². The summed E-state index contributed by atoms with van der Waals surface area (Å²) in [6, 6.07) is 0.193. The molecule has 2 N–H and O–H groups in total. The fraction of sp³-hybridized carbons (Fsp3) is 0.786. The Hall–Kier alpha value is -0.920. The molecule has 1 saturated carbocycles. The molecule has 1 aromatic rings.